The molecular formula is C29H28N2O6. The Balaban J connectivity index is 1.52. The van der Waals surface area contributed by atoms with Gasteiger partial charge in [-0.1, -0.05) is 78.9 Å². The summed E-state index contributed by atoms with van der Waals surface area (Å²) in [6.07, 6.45) is -0.718. The molecule has 8 nitrogen and oxygen atoms in total. The molecule has 0 aliphatic rings. The Morgan fingerprint density at radius 3 is 2.00 bits per heavy atom. The number of ether oxygens (including phenoxy) is 2. The van der Waals surface area contributed by atoms with Crippen molar-refractivity contribution in [1.82, 2.24) is 10.6 Å². The molecule has 2 amide bonds. The number of carbonyl (C=O) groups is 3. The van der Waals surface area contributed by atoms with Gasteiger partial charge >= 0.3 is 12.1 Å². The van der Waals surface area contributed by atoms with Crippen LogP contribution in [0.15, 0.2) is 84.9 Å². The van der Waals surface area contributed by atoms with Crippen molar-refractivity contribution in [2.24, 2.45) is 0 Å². The highest BCUT2D eigenvalue weighted by molar-refractivity contribution is 6.03. The van der Waals surface area contributed by atoms with Crippen molar-refractivity contribution in [1.29, 1.82) is 0 Å². The number of hydrogen-bond acceptors (Lipinski definition) is 6. The van der Waals surface area contributed by atoms with Gasteiger partial charge in [-0.05, 0) is 38.7 Å². The number of methoxy groups -OCH3 is 1. The van der Waals surface area contributed by atoms with Crippen molar-refractivity contribution in [2.75, 3.05) is 13.7 Å². The highest BCUT2D eigenvalue weighted by Crippen LogP contribution is 2.29. The molecule has 4 aromatic carbocycles. The normalized spacial score (nSPS) is 12.5. The van der Waals surface area contributed by atoms with Gasteiger partial charge in [-0.2, -0.15) is 0 Å². The number of hydrogen-bond donors (Lipinski definition) is 3. The Labute approximate surface area is 214 Å². The van der Waals surface area contributed by atoms with Crippen LogP contribution in [0, 0.1) is 0 Å². The maximum absolute atomic E-state index is 13.0. The van der Waals surface area contributed by atoms with E-state index in [4.69, 9.17) is 9.47 Å². The lowest BCUT2D eigenvalue weighted by Gasteiger charge is -2.22. The maximum Gasteiger partial charge on any atom is 0.408 e. The van der Waals surface area contributed by atoms with Gasteiger partial charge in [0.25, 0.3) is 0 Å². The first-order valence-corrected chi connectivity index (χ1v) is 11.9. The van der Waals surface area contributed by atoms with Gasteiger partial charge in [-0.3, -0.25) is 4.79 Å². The fraction of sp³-hybridized carbons (Fsp3) is 0.207. The van der Waals surface area contributed by atoms with Crippen LogP contribution in [-0.4, -0.2) is 48.9 Å². The molecule has 0 saturated carbocycles. The van der Waals surface area contributed by atoms with Gasteiger partial charge in [0.15, 0.2) is 0 Å². The lowest BCUT2D eigenvalue weighted by atomic mass is 9.92. The van der Waals surface area contributed by atoms with Gasteiger partial charge in [-0.25, -0.2) is 9.59 Å². The number of esters is 1. The van der Waals surface area contributed by atoms with Crippen molar-refractivity contribution in [2.45, 2.75) is 25.1 Å². The molecule has 8 heteroatoms. The van der Waals surface area contributed by atoms with Crippen molar-refractivity contribution in [3.05, 3.63) is 96.1 Å². The van der Waals surface area contributed by atoms with Crippen LogP contribution in [0.2, 0.25) is 0 Å². The lowest BCUT2D eigenvalue weighted by molar-refractivity contribution is -0.145. The molecule has 0 aromatic heterocycles. The van der Waals surface area contributed by atoms with Crippen LogP contribution in [0.3, 0.4) is 0 Å². The number of aliphatic hydroxyl groups excluding tert-OH is 1. The van der Waals surface area contributed by atoms with E-state index < -0.39 is 36.7 Å². The van der Waals surface area contributed by atoms with E-state index in [2.05, 4.69) is 16.7 Å². The third kappa shape index (κ3) is 6.23. The van der Waals surface area contributed by atoms with Crippen molar-refractivity contribution in [3.8, 4) is 0 Å². The summed E-state index contributed by atoms with van der Waals surface area (Å²) in [5.74, 6) is -1.38. The fourth-order valence-corrected chi connectivity index (χ4v) is 4.24. The van der Waals surface area contributed by atoms with Crippen LogP contribution in [0.5, 0.6) is 0 Å². The Morgan fingerprint density at radius 1 is 0.811 bits per heavy atom. The third-order valence-electron chi connectivity index (χ3n) is 6.10. The minimum atomic E-state index is -1.32. The first-order valence-electron chi connectivity index (χ1n) is 11.9. The summed E-state index contributed by atoms with van der Waals surface area (Å²) in [5.41, 5.74) is 1.65. The van der Waals surface area contributed by atoms with Crippen LogP contribution < -0.4 is 10.6 Å². The summed E-state index contributed by atoms with van der Waals surface area (Å²) in [6.45, 7) is -0.678. The molecule has 0 aliphatic carbocycles. The number of nitrogens with one attached hydrogen (secondary N) is 2. The molecule has 37 heavy (non-hydrogen) atoms. The maximum atomic E-state index is 13.0. The second-order valence-electron chi connectivity index (χ2n) is 8.53. The highest BCUT2D eigenvalue weighted by atomic mass is 16.5. The monoisotopic (exact) mass is 500 g/mol. The number of fused-ring (bicyclic) bond motifs is 2. The predicted molar refractivity (Wildman–Crippen MR) is 140 cm³/mol. The number of alkyl carbamates (subject to hydrolysis) is 1. The summed E-state index contributed by atoms with van der Waals surface area (Å²) in [6, 6.07) is 24.4. The first-order chi connectivity index (χ1) is 18.0. The molecule has 0 aliphatic heterocycles. The molecule has 190 valence electrons. The van der Waals surface area contributed by atoms with E-state index in [1.165, 1.54) is 7.11 Å². The quantitative estimate of drug-likeness (QED) is 0.240. The van der Waals surface area contributed by atoms with E-state index in [1.54, 1.807) is 12.1 Å². The van der Waals surface area contributed by atoms with Crippen molar-refractivity contribution < 1.29 is 29.0 Å². The first kappa shape index (κ1) is 25.7. The fourth-order valence-electron chi connectivity index (χ4n) is 4.24. The van der Waals surface area contributed by atoms with Gasteiger partial charge in [0.1, 0.15) is 18.7 Å². The average molecular weight is 501 g/mol. The molecule has 4 aromatic rings. The SMILES string of the molecule is COC(=O)[C@@H](Cc1c2ccccc2cc2ccccc12)NC(=O)[C@H](CO)NC(=O)OCc1ccccc1. The van der Waals surface area contributed by atoms with E-state index in [0.29, 0.717) is 0 Å². The zero-order valence-electron chi connectivity index (χ0n) is 20.3. The number of benzene rings is 4. The number of aliphatic hydroxyl groups is 1. The van der Waals surface area contributed by atoms with Gasteiger partial charge in [0.2, 0.25) is 5.91 Å². The van der Waals surface area contributed by atoms with Crippen LogP contribution in [0.1, 0.15) is 11.1 Å². The molecule has 0 saturated heterocycles. The van der Waals surface area contributed by atoms with Crippen LogP contribution in [-0.2, 0) is 32.1 Å². The Morgan fingerprint density at radius 2 is 1.41 bits per heavy atom. The van der Waals surface area contributed by atoms with E-state index >= 15 is 0 Å². The van der Waals surface area contributed by atoms with Gasteiger partial charge < -0.3 is 25.2 Å². The zero-order chi connectivity index (χ0) is 26.2. The minimum Gasteiger partial charge on any atom is -0.467 e. The number of amides is 2. The van der Waals surface area contributed by atoms with Crippen molar-refractivity contribution in [3.63, 3.8) is 0 Å². The minimum absolute atomic E-state index is 0.00534. The van der Waals surface area contributed by atoms with Crippen LogP contribution in [0.4, 0.5) is 4.79 Å². The zero-order valence-corrected chi connectivity index (χ0v) is 20.3. The molecule has 0 bridgehead atoms. The van der Waals surface area contributed by atoms with Crippen LogP contribution >= 0.6 is 0 Å². The number of carbonyl (C=O) groups excluding carboxylic acids is 3. The summed E-state index contributed by atoms with van der Waals surface area (Å²) in [7, 11) is 1.24. The summed E-state index contributed by atoms with van der Waals surface area (Å²) >= 11 is 0. The second-order valence-corrected chi connectivity index (χ2v) is 8.53. The molecule has 2 atom stereocenters. The Kier molecular flexibility index (Phi) is 8.33. The van der Waals surface area contributed by atoms with E-state index in [-0.39, 0.29) is 13.0 Å². The Bertz CT molecular complexity index is 1350. The molecule has 0 radical (unpaired) electrons. The Hall–Kier alpha value is -4.43. The summed E-state index contributed by atoms with van der Waals surface area (Å²) in [5, 5.41) is 18.6. The summed E-state index contributed by atoms with van der Waals surface area (Å²) in [4.78, 5) is 37.9. The van der Waals surface area contributed by atoms with Crippen LogP contribution in [0.25, 0.3) is 21.5 Å². The van der Waals surface area contributed by atoms with Gasteiger partial charge in [0.05, 0.1) is 13.7 Å². The van der Waals surface area contributed by atoms with E-state index in [1.807, 2.05) is 66.7 Å². The number of rotatable bonds is 9. The predicted octanol–water partition coefficient (Wildman–Crippen LogP) is 3.48. The second kappa shape index (κ2) is 12.0. The molecule has 3 N–H and O–H groups in total. The largest absolute Gasteiger partial charge is 0.467 e. The van der Waals surface area contributed by atoms with E-state index in [0.717, 1.165) is 32.7 Å². The highest BCUT2D eigenvalue weighted by Gasteiger charge is 2.28. The molecule has 4 rings (SSSR count). The average Bonchev–Trinajstić information content (AvgIpc) is 2.94. The molecule has 0 heterocycles. The lowest BCUT2D eigenvalue weighted by Crippen LogP contribution is -2.54. The van der Waals surface area contributed by atoms with E-state index in [9.17, 15) is 19.5 Å². The van der Waals surface area contributed by atoms with Crippen molar-refractivity contribution >= 4 is 39.5 Å². The molecule has 0 unspecified atom stereocenters. The summed E-state index contributed by atoms with van der Waals surface area (Å²) < 4.78 is 10.1. The molecule has 0 spiro atoms. The smallest absolute Gasteiger partial charge is 0.408 e. The van der Waals surface area contributed by atoms with Gasteiger partial charge in [-0.15, -0.1) is 0 Å². The topological polar surface area (TPSA) is 114 Å². The third-order valence-corrected chi connectivity index (χ3v) is 6.10. The van der Waals surface area contributed by atoms with Gasteiger partial charge in [0, 0.05) is 6.42 Å². The standard InChI is InChI=1S/C29H28N2O6/c1-36-28(34)25(16-24-22-13-7-5-11-20(22)15-21-12-6-8-14-23(21)24)30-27(33)26(17-32)31-29(35)37-18-19-9-3-2-4-10-19/h2-15,25-26,32H,16-18H2,1H3,(H,30,33)(H,31,35)/t25-,26+/m1/s1. The molecular weight excluding hydrogens is 472 g/mol. The molecule has 0 fully saturated rings.